The molecule has 4 heteroatoms. The summed E-state index contributed by atoms with van der Waals surface area (Å²) < 4.78 is 5.48. The summed E-state index contributed by atoms with van der Waals surface area (Å²) in [6, 6.07) is 0. The number of carbonyl (C=O) groups is 1. The largest absolute Gasteiger partial charge is 0.480 e. The van der Waals surface area contributed by atoms with Crippen LogP contribution in [0.3, 0.4) is 0 Å². The van der Waals surface area contributed by atoms with Gasteiger partial charge in [-0.15, -0.1) is 0 Å². The van der Waals surface area contributed by atoms with Crippen LogP contribution in [0.5, 0.6) is 0 Å². The van der Waals surface area contributed by atoms with Gasteiger partial charge in [0.1, 0.15) is 5.54 Å². The number of ether oxygens (including phenoxy) is 1. The first-order valence-electron chi connectivity index (χ1n) is 6.08. The molecule has 1 aliphatic carbocycles. The van der Waals surface area contributed by atoms with Crippen molar-refractivity contribution in [2.24, 2.45) is 5.92 Å². The monoisotopic (exact) mass is 229 g/mol. The number of aliphatic carboxylic acids is 1. The molecule has 16 heavy (non-hydrogen) atoms. The standard InChI is InChI=1S/C12H23NO3/c1-12(13-2,11(14)15)7-9-16-8-6-10-4-3-5-10/h10,13H,3-9H2,1-2H3,(H,14,15). The molecule has 0 aromatic rings. The summed E-state index contributed by atoms with van der Waals surface area (Å²) in [7, 11) is 1.67. The highest BCUT2D eigenvalue weighted by atomic mass is 16.5. The van der Waals surface area contributed by atoms with Crippen molar-refractivity contribution < 1.29 is 14.6 Å². The van der Waals surface area contributed by atoms with Crippen LogP contribution in [0.25, 0.3) is 0 Å². The van der Waals surface area contributed by atoms with Gasteiger partial charge in [-0.05, 0) is 32.7 Å². The molecule has 0 aromatic heterocycles. The number of hydrogen-bond acceptors (Lipinski definition) is 3. The van der Waals surface area contributed by atoms with Crippen LogP contribution < -0.4 is 5.32 Å². The summed E-state index contributed by atoms with van der Waals surface area (Å²) in [5.41, 5.74) is -0.865. The number of likely N-dealkylation sites (N-methyl/N-ethyl adjacent to an activating group) is 1. The maximum atomic E-state index is 11.0. The molecule has 0 heterocycles. The number of hydrogen-bond donors (Lipinski definition) is 2. The van der Waals surface area contributed by atoms with E-state index in [0.29, 0.717) is 13.0 Å². The predicted octanol–water partition coefficient (Wildman–Crippen LogP) is 1.65. The Morgan fingerprint density at radius 2 is 2.19 bits per heavy atom. The molecule has 1 fully saturated rings. The summed E-state index contributed by atoms with van der Waals surface area (Å²) in [6.07, 6.45) is 5.67. The summed E-state index contributed by atoms with van der Waals surface area (Å²) in [6.45, 7) is 2.96. The molecule has 0 aliphatic heterocycles. The maximum absolute atomic E-state index is 11.0. The van der Waals surface area contributed by atoms with Crippen molar-refractivity contribution in [2.45, 2.75) is 44.6 Å². The van der Waals surface area contributed by atoms with Gasteiger partial charge in [0.05, 0.1) is 0 Å². The summed E-state index contributed by atoms with van der Waals surface area (Å²) in [5, 5.41) is 11.8. The van der Waals surface area contributed by atoms with Crippen LogP contribution in [-0.2, 0) is 9.53 Å². The van der Waals surface area contributed by atoms with E-state index in [1.807, 2.05) is 0 Å². The van der Waals surface area contributed by atoms with E-state index in [0.717, 1.165) is 18.9 Å². The number of carboxylic acid groups (broad SMARTS) is 1. The van der Waals surface area contributed by atoms with Crippen LogP contribution in [0, 0.1) is 5.92 Å². The Kier molecular flexibility index (Phi) is 5.22. The molecular formula is C12H23NO3. The van der Waals surface area contributed by atoms with Gasteiger partial charge in [0.2, 0.25) is 0 Å². The Morgan fingerprint density at radius 1 is 1.50 bits per heavy atom. The molecule has 2 N–H and O–H groups in total. The van der Waals surface area contributed by atoms with E-state index in [2.05, 4.69) is 5.32 Å². The first-order valence-corrected chi connectivity index (χ1v) is 6.08. The third-order valence-corrected chi connectivity index (χ3v) is 3.67. The minimum absolute atomic E-state index is 0.503. The first-order chi connectivity index (χ1) is 7.58. The SMILES string of the molecule is CNC(C)(CCOCCC1CCC1)C(=O)O. The molecule has 0 bridgehead atoms. The average Bonchev–Trinajstić information content (AvgIpc) is 2.19. The van der Waals surface area contributed by atoms with Crippen LogP contribution in [0.4, 0.5) is 0 Å². The highest BCUT2D eigenvalue weighted by Gasteiger charge is 2.30. The van der Waals surface area contributed by atoms with Crippen LogP contribution in [0.15, 0.2) is 0 Å². The van der Waals surface area contributed by atoms with Gasteiger partial charge < -0.3 is 15.2 Å². The zero-order chi connectivity index (χ0) is 12.0. The number of rotatable bonds is 8. The van der Waals surface area contributed by atoms with E-state index in [1.165, 1.54) is 19.3 Å². The van der Waals surface area contributed by atoms with Gasteiger partial charge in [0.15, 0.2) is 0 Å². The number of nitrogens with one attached hydrogen (secondary N) is 1. The van der Waals surface area contributed by atoms with Crippen molar-refractivity contribution in [3.05, 3.63) is 0 Å². The molecule has 0 spiro atoms. The third-order valence-electron chi connectivity index (χ3n) is 3.67. The molecule has 1 rings (SSSR count). The van der Waals surface area contributed by atoms with E-state index >= 15 is 0 Å². The summed E-state index contributed by atoms with van der Waals surface area (Å²) >= 11 is 0. The summed E-state index contributed by atoms with van der Waals surface area (Å²) in [5.74, 6) is 0.0350. The Labute approximate surface area is 97.4 Å². The van der Waals surface area contributed by atoms with Gasteiger partial charge in [0.25, 0.3) is 0 Å². The third kappa shape index (κ3) is 3.76. The van der Waals surface area contributed by atoms with E-state index in [1.54, 1.807) is 14.0 Å². The van der Waals surface area contributed by atoms with Gasteiger partial charge in [0, 0.05) is 13.2 Å². The van der Waals surface area contributed by atoms with Crippen molar-refractivity contribution >= 4 is 5.97 Å². The van der Waals surface area contributed by atoms with Crippen molar-refractivity contribution in [3.63, 3.8) is 0 Å². The average molecular weight is 229 g/mol. The van der Waals surface area contributed by atoms with Crippen LogP contribution >= 0.6 is 0 Å². The molecule has 0 aromatic carbocycles. The molecule has 4 nitrogen and oxygen atoms in total. The Balaban J connectivity index is 2.06. The zero-order valence-corrected chi connectivity index (χ0v) is 10.3. The van der Waals surface area contributed by atoms with E-state index in [4.69, 9.17) is 9.84 Å². The minimum atomic E-state index is -0.865. The molecule has 1 saturated carbocycles. The lowest BCUT2D eigenvalue weighted by molar-refractivity contribution is -0.144. The highest BCUT2D eigenvalue weighted by Crippen LogP contribution is 2.29. The molecule has 1 unspecified atom stereocenters. The van der Waals surface area contributed by atoms with Crippen molar-refractivity contribution in [1.29, 1.82) is 0 Å². The lowest BCUT2D eigenvalue weighted by atomic mass is 9.83. The fourth-order valence-corrected chi connectivity index (χ4v) is 1.75. The highest BCUT2D eigenvalue weighted by molar-refractivity contribution is 5.78. The lowest BCUT2D eigenvalue weighted by Crippen LogP contribution is -2.48. The van der Waals surface area contributed by atoms with Crippen molar-refractivity contribution in [1.82, 2.24) is 5.32 Å². The first kappa shape index (κ1) is 13.5. The topological polar surface area (TPSA) is 58.6 Å². The van der Waals surface area contributed by atoms with Crippen LogP contribution in [0.1, 0.15) is 39.0 Å². The maximum Gasteiger partial charge on any atom is 0.323 e. The van der Waals surface area contributed by atoms with E-state index in [9.17, 15) is 4.79 Å². The van der Waals surface area contributed by atoms with Crippen LogP contribution in [-0.4, -0.2) is 36.9 Å². The lowest BCUT2D eigenvalue weighted by Gasteiger charge is -2.26. The molecule has 94 valence electrons. The Bertz CT molecular complexity index is 228. The van der Waals surface area contributed by atoms with E-state index < -0.39 is 11.5 Å². The smallest absolute Gasteiger partial charge is 0.323 e. The molecular weight excluding hydrogens is 206 g/mol. The minimum Gasteiger partial charge on any atom is -0.480 e. The molecule has 1 atom stereocenters. The second kappa shape index (κ2) is 6.21. The predicted molar refractivity (Wildman–Crippen MR) is 62.5 cm³/mol. The van der Waals surface area contributed by atoms with Gasteiger partial charge >= 0.3 is 5.97 Å². The van der Waals surface area contributed by atoms with E-state index in [-0.39, 0.29) is 0 Å². The van der Waals surface area contributed by atoms with Crippen molar-refractivity contribution in [2.75, 3.05) is 20.3 Å². The fourth-order valence-electron chi connectivity index (χ4n) is 1.75. The van der Waals surface area contributed by atoms with Gasteiger partial charge in [-0.3, -0.25) is 4.79 Å². The summed E-state index contributed by atoms with van der Waals surface area (Å²) in [4.78, 5) is 11.0. The van der Waals surface area contributed by atoms with Gasteiger partial charge in [-0.1, -0.05) is 19.3 Å². The number of carboxylic acids is 1. The molecule has 0 radical (unpaired) electrons. The van der Waals surface area contributed by atoms with Crippen molar-refractivity contribution in [3.8, 4) is 0 Å². The molecule has 0 saturated heterocycles. The van der Waals surface area contributed by atoms with Gasteiger partial charge in [-0.2, -0.15) is 0 Å². The second-order valence-corrected chi connectivity index (χ2v) is 4.84. The Morgan fingerprint density at radius 3 is 2.62 bits per heavy atom. The van der Waals surface area contributed by atoms with Gasteiger partial charge in [-0.25, -0.2) is 0 Å². The Hall–Kier alpha value is -0.610. The molecule has 1 aliphatic rings. The normalized spacial score (nSPS) is 20.1. The van der Waals surface area contributed by atoms with Crippen LogP contribution in [0.2, 0.25) is 0 Å². The zero-order valence-electron chi connectivity index (χ0n) is 10.3. The quantitative estimate of drug-likeness (QED) is 0.621. The second-order valence-electron chi connectivity index (χ2n) is 4.84. The molecule has 0 amide bonds. The fraction of sp³-hybridized carbons (Fsp3) is 0.917.